The number of hydrogen-bond acceptors (Lipinski definition) is 2. The van der Waals surface area contributed by atoms with Crippen molar-refractivity contribution in [2.24, 2.45) is 0 Å². The molecular formula is C8H22N2. The van der Waals surface area contributed by atoms with Crippen molar-refractivity contribution in [3.8, 4) is 0 Å². The lowest BCUT2D eigenvalue weighted by Crippen LogP contribution is -2.39. The van der Waals surface area contributed by atoms with Crippen LogP contribution >= 0.6 is 0 Å². The SMILES string of the molecule is C1CNCCN1.CC.CC. The topological polar surface area (TPSA) is 24.1 Å². The van der Waals surface area contributed by atoms with Crippen LogP contribution < -0.4 is 10.6 Å². The molecule has 2 nitrogen and oxygen atoms in total. The van der Waals surface area contributed by atoms with Crippen molar-refractivity contribution in [2.45, 2.75) is 27.7 Å². The zero-order valence-corrected chi connectivity index (χ0v) is 7.83. The maximum absolute atomic E-state index is 3.22. The minimum atomic E-state index is 1.14. The van der Waals surface area contributed by atoms with Crippen LogP contribution in [0.3, 0.4) is 0 Å². The summed E-state index contributed by atoms with van der Waals surface area (Å²) in [6, 6.07) is 0. The Bertz CT molecular complexity index is 22.7. The highest BCUT2D eigenvalue weighted by atomic mass is 15.0. The van der Waals surface area contributed by atoms with Gasteiger partial charge < -0.3 is 10.6 Å². The largest absolute Gasteiger partial charge is 0.314 e. The van der Waals surface area contributed by atoms with Crippen LogP contribution in [0.15, 0.2) is 0 Å². The molecule has 10 heavy (non-hydrogen) atoms. The summed E-state index contributed by atoms with van der Waals surface area (Å²) in [5, 5.41) is 6.44. The second kappa shape index (κ2) is 16.0. The van der Waals surface area contributed by atoms with Gasteiger partial charge in [-0.15, -0.1) is 0 Å². The lowest BCUT2D eigenvalue weighted by atomic mass is 10.4. The predicted octanol–water partition coefficient (Wildman–Crippen LogP) is 1.23. The molecule has 0 aliphatic carbocycles. The van der Waals surface area contributed by atoms with Gasteiger partial charge in [0.2, 0.25) is 0 Å². The minimum absolute atomic E-state index is 1.14. The van der Waals surface area contributed by atoms with Crippen molar-refractivity contribution in [3.63, 3.8) is 0 Å². The Morgan fingerprint density at radius 2 is 0.800 bits per heavy atom. The van der Waals surface area contributed by atoms with Gasteiger partial charge in [-0.25, -0.2) is 0 Å². The molecular weight excluding hydrogens is 124 g/mol. The van der Waals surface area contributed by atoms with Crippen LogP contribution in [0.5, 0.6) is 0 Å². The van der Waals surface area contributed by atoms with Gasteiger partial charge in [0.25, 0.3) is 0 Å². The molecule has 0 aromatic carbocycles. The third kappa shape index (κ3) is 10.8. The summed E-state index contributed by atoms with van der Waals surface area (Å²) in [7, 11) is 0. The summed E-state index contributed by atoms with van der Waals surface area (Å²) in [5.74, 6) is 0. The Morgan fingerprint density at radius 3 is 0.900 bits per heavy atom. The molecule has 0 bridgehead atoms. The van der Waals surface area contributed by atoms with Crippen LogP contribution in [-0.2, 0) is 0 Å². The zero-order valence-electron chi connectivity index (χ0n) is 7.83. The van der Waals surface area contributed by atoms with E-state index in [1.807, 2.05) is 27.7 Å². The number of nitrogens with one attached hydrogen (secondary N) is 2. The number of piperazine rings is 1. The molecule has 1 fully saturated rings. The summed E-state index contributed by atoms with van der Waals surface area (Å²) in [6.07, 6.45) is 0. The van der Waals surface area contributed by atoms with Crippen LogP contribution in [0, 0.1) is 0 Å². The van der Waals surface area contributed by atoms with Gasteiger partial charge in [-0.05, 0) is 0 Å². The van der Waals surface area contributed by atoms with Crippen molar-refractivity contribution in [1.29, 1.82) is 0 Å². The third-order valence-corrected chi connectivity index (χ3v) is 0.957. The summed E-state index contributed by atoms with van der Waals surface area (Å²) in [6.45, 7) is 12.6. The van der Waals surface area contributed by atoms with Crippen molar-refractivity contribution < 1.29 is 0 Å². The summed E-state index contributed by atoms with van der Waals surface area (Å²) in [5.41, 5.74) is 0. The molecule has 64 valence electrons. The van der Waals surface area contributed by atoms with Gasteiger partial charge in [0, 0.05) is 26.2 Å². The first kappa shape index (κ1) is 12.6. The lowest BCUT2D eigenvalue weighted by Gasteiger charge is -2.11. The monoisotopic (exact) mass is 146 g/mol. The fourth-order valence-electron chi connectivity index (χ4n) is 0.604. The van der Waals surface area contributed by atoms with E-state index in [-0.39, 0.29) is 0 Å². The first-order chi connectivity index (χ1) is 5.00. The van der Waals surface area contributed by atoms with E-state index in [4.69, 9.17) is 0 Å². The molecule has 0 atom stereocenters. The Hall–Kier alpha value is -0.0800. The molecule has 1 rings (SSSR count). The molecule has 0 unspecified atom stereocenters. The Kier molecular flexibility index (Phi) is 20.1. The molecule has 1 heterocycles. The van der Waals surface area contributed by atoms with E-state index < -0.39 is 0 Å². The van der Waals surface area contributed by atoms with E-state index in [9.17, 15) is 0 Å². The van der Waals surface area contributed by atoms with E-state index in [0.29, 0.717) is 0 Å². The van der Waals surface area contributed by atoms with Gasteiger partial charge in [0.15, 0.2) is 0 Å². The predicted molar refractivity (Wildman–Crippen MR) is 48.4 cm³/mol. The van der Waals surface area contributed by atoms with Gasteiger partial charge in [0.05, 0.1) is 0 Å². The third-order valence-electron chi connectivity index (χ3n) is 0.957. The Balaban J connectivity index is 0. The molecule has 0 aromatic heterocycles. The fraction of sp³-hybridized carbons (Fsp3) is 1.00. The first-order valence-electron chi connectivity index (χ1n) is 4.41. The van der Waals surface area contributed by atoms with E-state index in [1.54, 1.807) is 0 Å². The van der Waals surface area contributed by atoms with Crippen molar-refractivity contribution in [2.75, 3.05) is 26.2 Å². The highest BCUT2D eigenvalue weighted by Crippen LogP contribution is 1.65. The fourth-order valence-corrected chi connectivity index (χ4v) is 0.604. The average molecular weight is 146 g/mol. The quantitative estimate of drug-likeness (QED) is 0.537. The maximum Gasteiger partial charge on any atom is 0.00772 e. The van der Waals surface area contributed by atoms with Gasteiger partial charge in [-0.3, -0.25) is 0 Å². The standard InChI is InChI=1S/C4H10N2.2C2H6/c1-2-6-4-3-5-1;2*1-2/h5-6H,1-4H2;2*1-2H3. The van der Waals surface area contributed by atoms with Crippen molar-refractivity contribution in [1.82, 2.24) is 10.6 Å². The van der Waals surface area contributed by atoms with Gasteiger partial charge in [0.1, 0.15) is 0 Å². The minimum Gasteiger partial charge on any atom is -0.314 e. The molecule has 2 N–H and O–H groups in total. The molecule has 0 aromatic rings. The highest BCUT2D eigenvalue weighted by Gasteiger charge is 1.91. The molecule has 1 aliphatic heterocycles. The zero-order chi connectivity index (χ0) is 8.24. The second-order valence-corrected chi connectivity index (χ2v) is 1.50. The average Bonchev–Trinajstić information content (AvgIpc) is 2.14. The van der Waals surface area contributed by atoms with Gasteiger partial charge in [-0.1, -0.05) is 27.7 Å². The van der Waals surface area contributed by atoms with Crippen LogP contribution in [0.25, 0.3) is 0 Å². The van der Waals surface area contributed by atoms with E-state index in [0.717, 1.165) is 26.2 Å². The molecule has 1 aliphatic rings. The molecule has 0 saturated carbocycles. The molecule has 0 spiro atoms. The maximum atomic E-state index is 3.22. The van der Waals surface area contributed by atoms with Crippen LogP contribution in [0.2, 0.25) is 0 Å². The number of rotatable bonds is 0. The number of hydrogen-bond donors (Lipinski definition) is 2. The Morgan fingerprint density at radius 1 is 0.600 bits per heavy atom. The molecule has 2 heteroatoms. The highest BCUT2D eigenvalue weighted by molar-refractivity contribution is 4.59. The first-order valence-corrected chi connectivity index (χ1v) is 4.41. The summed E-state index contributed by atoms with van der Waals surface area (Å²) in [4.78, 5) is 0. The van der Waals surface area contributed by atoms with Gasteiger partial charge in [-0.2, -0.15) is 0 Å². The van der Waals surface area contributed by atoms with E-state index in [2.05, 4.69) is 10.6 Å². The normalized spacial score (nSPS) is 15.6. The van der Waals surface area contributed by atoms with E-state index in [1.165, 1.54) is 0 Å². The molecule has 0 radical (unpaired) electrons. The lowest BCUT2D eigenvalue weighted by molar-refractivity contribution is 0.534. The second-order valence-electron chi connectivity index (χ2n) is 1.50. The summed E-state index contributed by atoms with van der Waals surface area (Å²) < 4.78 is 0. The van der Waals surface area contributed by atoms with Crippen LogP contribution in [0.1, 0.15) is 27.7 Å². The van der Waals surface area contributed by atoms with Crippen LogP contribution in [-0.4, -0.2) is 26.2 Å². The smallest absolute Gasteiger partial charge is 0.00772 e. The van der Waals surface area contributed by atoms with Gasteiger partial charge >= 0.3 is 0 Å². The van der Waals surface area contributed by atoms with Crippen molar-refractivity contribution in [3.05, 3.63) is 0 Å². The summed E-state index contributed by atoms with van der Waals surface area (Å²) >= 11 is 0. The van der Waals surface area contributed by atoms with E-state index >= 15 is 0 Å². The van der Waals surface area contributed by atoms with Crippen LogP contribution in [0.4, 0.5) is 0 Å². The van der Waals surface area contributed by atoms with Crippen molar-refractivity contribution >= 4 is 0 Å². The molecule has 1 saturated heterocycles. The molecule has 0 amide bonds. The Labute approximate surface area is 65.4 Å².